The molecule has 1 aromatic heterocycles. The van der Waals surface area contributed by atoms with E-state index in [4.69, 9.17) is 9.84 Å². The molecule has 1 aliphatic heterocycles. The quantitative estimate of drug-likeness (QED) is 0.818. The predicted octanol–water partition coefficient (Wildman–Crippen LogP) is 0.719. The number of fused-ring (bicyclic) bond motifs is 1. The Labute approximate surface area is 94.1 Å². The second-order valence-corrected chi connectivity index (χ2v) is 4.09. The number of aryl methyl sites for hydroxylation is 1. The number of carboxylic acid groups (broad SMARTS) is 1. The molecule has 5 nitrogen and oxygen atoms in total. The first-order valence-corrected chi connectivity index (χ1v) is 5.47. The molecule has 1 aromatic rings. The van der Waals surface area contributed by atoms with Gasteiger partial charge in [-0.1, -0.05) is 0 Å². The molecule has 5 heteroatoms. The first-order chi connectivity index (χ1) is 7.72. The SMILES string of the molecule is COCCc1ncc2n1CC(C(=O)O)CC2. The molecule has 0 saturated heterocycles. The second-order valence-electron chi connectivity index (χ2n) is 4.09. The van der Waals surface area contributed by atoms with Crippen molar-refractivity contribution in [1.29, 1.82) is 0 Å². The Bertz CT molecular complexity index is 387. The predicted molar refractivity (Wildman–Crippen MR) is 57.3 cm³/mol. The van der Waals surface area contributed by atoms with Crippen LogP contribution in [0.25, 0.3) is 0 Å². The van der Waals surface area contributed by atoms with Crippen molar-refractivity contribution >= 4 is 5.97 Å². The number of rotatable bonds is 4. The molecule has 2 heterocycles. The summed E-state index contributed by atoms with van der Waals surface area (Å²) in [6.45, 7) is 1.16. The highest BCUT2D eigenvalue weighted by Crippen LogP contribution is 2.21. The van der Waals surface area contributed by atoms with Crippen molar-refractivity contribution in [3.05, 3.63) is 17.7 Å². The summed E-state index contributed by atoms with van der Waals surface area (Å²) < 4.78 is 7.04. The Balaban J connectivity index is 2.14. The standard InChI is InChI=1S/C11H16N2O3/c1-16-5-4-10-12-6-9-3-2-8(11(14)15)7-13(9)10/h6,8H,2-5,7H2,1H3,(H,14,15). The molecular formula is C11H16N2O3. The average Bonchev–Trinajstić information content (AvgIpc) is 2.68. The largest absolute Gasteiger partial charge is 0.481 e. The summed E-state index contributed by atoms with van der Waals surface area (Å²) in [7, 11) is 1.65. The first-order valence-electron chi connectivity index (χ1n) is 5.47. The number of aromatic nitrogens is 2. The number of hydrogen-bond donors (Lipinski definition) is 1. The van der Waals surface area contributed by atoms with Crippen LogP contribution in [0.2, 0.25) is 0 Å². The number of carboxylic acids is 1. The maximum atomic E-state index is 11.0. The number of carbonyl (C=O) groups is 1. The monoisotopic (exact) mass is 224 g/mol. The van der Waals surface area contributed by atoms with Crippen LogP contribution in [0.1, 0.15) is 17.9 Å². The van der Waals surface area contributed by atoms with Crippen LogP contribution in [-0.2, 0) is 28.9 Å². The molecule has 0 radical (unpaired) electrons. The summed E-state index contributed by atoms with van der Waals surface area (Å²) in [4.78, 5) is 15.3. The Kier molecular flexibility index (Phi) is 3.24. The van der Waals surface area contributed by atoms with Crippen LogP contribution in [0.3, 0.4) is 0 Å². The van der Waals surface area contributed by atoms with Crippen LogP contribution in [0.15, 0.2) is 6.20 Å². The molecule has 1 aliphatic rings. The Hall–Kier alpha value is -1.36. The second kappa shape index (κ2) is 4.65. The summed E-state index contributed by atoms with van der Waals surface area (Å²) >= 11 is 0. The number of hydrogen-bond acceptors (Lipinski definition) is 3. The van der Waals surface area contributed by atoms with Gasteiger partial charge in [0.25, 0.3) is 0 Å². The normalized spacial score (nSPS) is 19.4. The van der Waals surface area contributed by atoms with Gasteiger partial charge in [-0.25, -0.2) is 4.98 Å². The molecule has 0 spiro atoms. The number of methoxy groups -OCH3 is 1. The van der Waals surface area contributed by atoms with Gasteiger partial charge in [0.2, 0.25) is 0 Å². The summed E-state index contributed by atoms with van der Waals surface area (Å²) in [5, 5.41) is 9.01. The zero-order chi connectivity index (χ0) is 11.5. The van der Waals surface area contributed by atoms with Gasteiger partial charge in [-0.15, -0.1) is 0 Å². The molecule has 1 unspecified atom stereocenters. The maximum Gasteiger partial charge on any atom is 0.308 e. The molecule has 0 aromatic carbocycles. The summed E-state index contributed by atoms with van der Waals surface area (Å²) in [6, 6.07) is 0. The lowest BCUT2D eigenvalue weighted by Crippen LogP contribution is -2.27. The van der Waals surface area contributed by atoms with Crippen LogP contribution >= 0.6 is 0 Å². The molecule has 2 rings (SSSR count). The Morgan fingerprint density at radius 3 is 3.25 bits per heavy atom. The number of aliphatic carboxylic acids is 1. The van der Waals surface area contributed by atoms with Crippen LogP contribution in [0.5, 0.6) is 0 Å². The van der Waals surface area contributed by atoms with Crippen LogP contribution < -0.4 is 0 Å². The molecule has 0 bridgehead atoms. The Morgan fingerprint density at radius 1 is 1.75 bits per heavy atom. The lowest BCUT2D eigenvalue weighted by molar-refractivity contribution is -0.142. The van der Waals surface area contributed by atoms with Crippen molar-refractivity contribution in [2.45, 2.75) is 25.8 Å². The van der Waals surface area contributed by atoms with Gasteiger partial charge in [-0.2, -0.15) is 0 Å². The molecular weight excluding hydrogens is 208 g/mol. The molecule has 0 aliphatic carbocycles. The minimum Gasteiger partial charge on any atom is -0.481 e. The van der Waals surface area contributed by atoms with Crippen LogP contribution in [-0.4, -0.2) is 34.3 Å². The van der Waals surface area contributed by atoms with Crippen LogP contribution in [0.4, 0.5) is 0 Å². The zero-order valence-electron chi connectivity index (χ0n) is 9.35. The lowest BCUT2D eigenvalue weighted by atomic mass is 9.98. The van der Waals surface area contributed by atoms with Gasteiger partial charge < -0.3 is 14.4 Å². The topological polar surface area (TPSA) is 64.4 Å². The Morgan fingerprint density at radius 2 is 2.56 bits per heavy atom. The minimum absolute atomic E-state index is 0.275. The van der Waals surface area contributed by atoms with Gasteiger partial charge in [-0.05, 0) is 12.8 Å². The highest BCUT2D eigenvalue weighted by Gasteiger charge is 2.25. The van der Waals surface area contributed by atoms with Gasteiger partial charge in [0.1, 0.15) is 5.82 Å². The minimum atomic E-state index is -0.711. The van der Waals surface area contributed by atoms with E-state index in [0.717, 1.165) is 24.4 Å². The van der Waals surface area contributed by atoms with E-state index in [9.17, 15) is 4.79 Å². The van der Waals surface area contributed by atoms with E-state index in [2.05, 4.69) is 4.98 Å². The van der Waals surface area contributed by atoms with Crippen LogP contribution in [0, 0.1) is 5.92 Å². The first kappa shape index (κ1) is 11.1. The summed E-state index contributed by atoms with van der Waals surface area (Å²) in [6.07, 6.45) is 4.10. The lowest BCUT2D eigenvalue weighted by Gasteiger charge is -2.22. The molecule has 1 N–H and O–H groups in total. The van der Waals surface area contributed by atoms with Crippen molar-refractivity contribution in [3.63, 3.8) is 0 Å². The summed E-state index contributed by atoms with van der Waals surface area (Å²) in [5.41, 5.74) is 1.14. The zero-order valence-corrected chi connectivity index (χ0v) is 9.35. The van der Waals surface area contributed by atoms with E-state index in [1.54, 1.807) is 7.11 Å². The van der Waals surface area contributed by atoms with E-state index in [0.29, 0.717) is 19.6 Å². The molecule has 1 atom stereocenters. The van der Waals surface area contributed by atoms with E-state index in [1.807, 2.05) is 10.8 Å². The van der Waals surface area contributed by atoms with E-state index in [1.165, 1.54) is 0 Å². The number of nitrogens with zero attached hydrogens (tertiary/aromatic N) is 2. The number of imidazole rings is 1. The molecule has 0 fully saturated rings. The highest BCUT2D eigenvalue weighted by atomic mass is 16.5. The third-order valence-electron chi connectivity index (χ3n) is 3.05. The molecule has 0 amide bonds. The van der Waals surface area contributed by atoms with Crippen molar-refractivity contribution in [2.24, 2.45) is 5.92 Å². The van der Waals surface area contributed by atoms with Gasteiger partial charge in [0.05, 0.1) is 12.5 Å². The van der Waals surface area contributed by atoms with Crippen molar-refractivity contribution in [3.8, 4) is 0 Å². The van der Waals surface area contributed by atoms with Crippen molar-refractivity contribution in [1.82, 2.24) is 9.55 Å². The fourth-order valence-corrected chi connectivity index (χ4v) is 2.10. The van der Waals surface area contributed by atoms with Crippen molar-refractivity contribution < 1.29 is 14.6 Å². The van der Waals surface area contributed by atoms with Gasteiger partial charge >= 0.3 is 5.97 Å². The molecule has 0 saturated carbocycles. The highest BCUT2D eigenvalue weighted by molar-refractivity contribution is 5.70. The molecule has 16 heavy (non-hydrogen) atoms. The van der Waals surface area contributed by atoms with E-state index in [-0.39, 0.29) is 5.92 Å². The fourth-order valence-electron chi connectivity index (χ4n) is 2.10. The fraction of sp³-hybridized carbons (Fsp3) is 0.636. The molecule has 88 valence electrons. The van der Waals surface area contributed by atoms with Crippen molar-refractivity contribution in [2.75, 3.05) is 13.7 Å². The smallest absolute Gasteiger partial charge is 0.308 e. The van der Waals surface area contributed by atoms with Gasteiger partial charge in [-0.3, -0.25) is 4.79 Å². The average molecular weight is 224 g/mol. The summed E-state index contributed by atoms with van der Waals surface area (Å²) in [5.74, 6) is -0.0529. The van der Waals surface area contributed by atoms with E-state index < -0.39 is 5.97 Å². The third kappa shape index (κ3) is 2.09. The maximum absolute atomic E-state index is 11.0. The number of ether oxygens (including phenoxy) is 1. The third-order valence-corrected chi connectivity index (χ3v) is 3.05. The van der Waals surface area contributed by atoms with Gasteiger partial charge in [0.15, 0.2) is 0 Å². The van der Waals surface area contributed by atoms with E-state index >= 15 is 0 Å². The van der Waals surface area contributed by atoms with Gasteiger partial charge in [0, 0.05) is 32.0 Å².